The van der Waals surface area contributed by atoms with Crippen molar-refractivity contribution in [2.24, 2.45) is 0 Å². The van der Waals surface area contributed by atoms with Crippen LogP contribution in [0, 0.1) is 0 Å². The Morgan fingerprint density at radius 3 is 2.76 bits per heavy atom. The molecular weight excluding hydrogens is 418 g/mol. The minimum atomic E-state index is -3.47. The molecule has 1 fully saturated rings. The zero-order valence-electron chi connectivity index (χ0n) is 16.3. The molecule has 1 saturated heterocycles. The molecule has 0 spiro atoms. The van der Waals surface area contributed by atoms with Crippen molar-refractivity contribution >= 4 is 38.4 Å². The number of rotatable bonds is 7. The molecule has 0 bridgehead atoms. The number of halogens is 1. The summed E-state index contributed by atoms with van der Waals surface area (Å²) in [5.74, 6) is -0.157. The molecule has 1 aliphatic rings. The number of ether oxygens (including phenoxy) is 2. The summed E-state index contributed by atoms with van der Waals surface area (Å²) in [6.07, 6.45) is 1.31. The number of carbonyl (C=O) groups is 1. The molecule has 2 heterocycles. The second kappa shape index (κ2) is 9.25. The van der Waals surface area contributed by atoms with Crippen LogP contribution in [0.15, 0.2) is 30.5 Å². The number of morpholine rings is 1. The first-order valence-corrected chi connectivity index (χ1v) is 11.3. The van der Waals surface area contributed by atoms with Gasteiger partial charge in [0.15, 0.2) is 6.61 Å². The van der Waals surface area contributed by atoms with Gasteiger partial charge in [-0.2, -0.15) is 4.31 Å². The van der Waals surface area contributed by atoms with Crippen molar-refractivity contribution in [3.63, 3.8) is 0 Å². The maximum Gasteiger partial charge on any atom is 0.257 e. The third-order valence-corrected chi connectivity index (χ3v) is 6.63. The Bertz CT molecular complexity index is 975. The van der Waals surface area contributed by atoms with Crippen molar-refractivity contribution in [3.8, 4) is 5.75 Å². The monoisotopic (exact) mass is 441 g/mol. The first-order chi connectivity index (χ1) is 13.8. The molecule has 2 atom stereocenters. The fraction of sp³-hybridized carbons (Fsp3) is 0.474. The first kappa shape index (κ1) is 21.8. The van der Waals surface area contributed by atoms with Crippen LogP contribution >= 0.6 is 11.6 Å². The van der Waals surface area contributed by atoms with Gasteiger partial charge in [0.25, 0.3) is 5.91 Å². The number of amides is 1. The van der Waals surface area contributed by atoms with Crippen LogP contribution in [-0.2, 0) is 19.6 Å². The highest BCUT2D eigenvalue weighted by Gasteiger charge is 2.30. The molecule has 2 aromatic rings. The Kier molecular flexibility index (Phi) is 6.94. The topological polar surface area (TPSA) is 97.8 Å². The zero-order chi connectivity index (χ0) is 21.0. The molecule has 10 heteroatoms. The summed E-state index contributed by atoms with van der Waals surface area (Å²) >= 11 is 6.14. The van der Waals surface area contributed by atoms with E-state index in [0.717, 1.165) is 5.39 Å². The number of fused-ring (bicyclic) bond motifs is 1. The van der Waals surface area contributed by atoms with Crippen molar-refractivity contribution in [2.45, 2.75) is 26.1 Å². The smallest absolute Gasteiger partial charge is 0.257 e. The van der Waals surface area contributed by atoms with Gasteiger partial charge in [-0.15, -0.1) is 0 Å². The Labute approximate surface area is 175 Å². The van der Waals surface area contributed by atoms with Crippen molar-refractivity contribution in [3.05, 3.63) is 35.5 Å². The number of sulfonamides is 1. The number of nitrogens with one attached hydrogen (secondary N) is 1. The van der Waals surface area contributed by atoms with Gasteiger partial charge in [-0.05, 0) is 38.1 Å². The van der Waals surface area contributed by atoms with Crippen LogP contribution in [-0.4, -0.2) is 67.8 Å². The molecule has 1 N–H and O–H groups in total. The Morgan fingerprint density at radius 1 is 1.31 bits per heavy atom. The lowest BCUT2D eigenvalue weighted by Crippen LogP contribution is -2.49. The van der Waals surface area contributed by atoms with E-state index < -0.39 is 15.9 Å². The van der Waals surface area contributed by atoms with E-state index in [1.54, 1.807) is 24.4 Å². The van der Waals surface area contributed by atoms with Crippen LogP contribution < -0.4 is 10.1 Å². The van der Waals surface area contributed by atoms with Gasteiger partial charge < -0.3 is 14.8 Å². The normalized spacial score (nSPS) is 20.5. The van der Waals surface area contributed by atoms with Gasteiger partial charge >= 0.3 is 0 Å². The minimum absolute atomic E-state index is 0.00423. The van der Waals surface area contributed by atoms with E-state index in [4.69, 9.17) is 21.1 Å². The van der Waals surface area contributed by atoms with Gasteiger partial charge in [0.2, 0.25) is 10.0 Å². The van der Waals surface area contributed by atoms with Crippen molar-refractivity contribution in [1.82, 2.24) is 14.6 Å². The molecule has 1 aromatic carbocycles. The quantitative estimate of drug-likeness (QED) is 0.703. The van der Waals surface area contributed by atoms with Crippen molar-refractivity contribution in [2.75, 3.05) is 32.0 Å². The summed E-state index contributed by atoms with van der Waals surface area (Å²) in [5.41, 5.74) is 0.561. The zero-order valence-corrected chi connectivity index (χ0v) is 17.9. The summed E-state index contributed by atoms with van der Waals surface area (Å²) in [5, 5.41) is 3.85. The molecule has 29 heavy (non-hydrogen) atoms. The lowest BCUT2D eigenvalue weighted by Gasteiger charge is -2.34. The highest BCUT2D eigenvalue weighted by atomic mass is 35.5. The lowest BCUT2D eigenvalue weighted by molar-refractivity contribution is -0.122. The number of aromatic nitrogens is 1. The van der Waals surface area contributed by atoms with Crippen molar-refractivity contribution < 1.29 is 22.7 Å². The number of pyridine rings is 1. The molecular formula is C19H24ClN3O5S. The standard InChI is InChI=1S/C19H24ClN3O5S/c1-13-10-23(11-14(2)28-13)29(25,26)9-8-21-18(24)12-27-17-6-5-16(20)15-4-3-7-22-19(15)17/h3-7,13-14H,8-12H2,1-2H3,(H,21,24). The average molecular weight is 442 g/mol. The van der Waals surface area contributed by atoms with Gasteiger partial charge in [-0.3, -0.25) is 9.78 Å². The molecule has 3 rings (SSSR count). The fourth-order valence-corrected chi connectivity index (χ4v) is 4.94. The summed E-state index contributed by atoms with van der Waals surface area (Å²) in [6.45, 7) is 4.07. The predicted octanol–water partition coefficient (Wildman–Crippen LogP) is 1.82. The van der Waals surface area contributed by atoms with Crippen LogP contribution in [0.5, 0.6) is 5.75 Å². The summed E-state index contributed by atoms with van der Waals surface area (Å²) < 4.78 is 37.5. The molecule has 8 nitrogen and oxygen atoms in total. The maximum absolute atomic E-state index is 12.5. The Balaban J connectivity index is 1.50. The van der Waals surface area contributed by atoms with Gasteiger partial charge in [0, 0.05) is 31.2 Å². The third kappa shape index (κ3) is 5.57. The van der Waals surface area contributed by atoms with Crippen LogP contribution in [0.3, 0.4) is 0 Å². The number of nitrogens with zero attached hydrogens (tertiary/aromatic N) is 2. The van der Waals surface area contributed by atoms with E-state index in [1.165, 1.54) is 4.31 Å². The van der Waals surface area contributed by atoms with Crippen molar-refractivity contribution in [1.29, 1.82) is 0 Å². The molecule has 158 valence electrons. The minimum Gasteiger partial charge on any atom is -0.481 e. The third-order valence-electron chi connectivity index (χ3n) is 4.50. The summed E-state index contributed by atoms with van der Waals surface area (Å²) in [4.78, 5) is 16.3. The highest BCUT2D eigenvalue weighted by Crippen LogP contribution is 2.29. The van der Waals surface area contributed by atoms with E-state index in [2.05, 4.69) is 10.3 Å². The average Bonchev–Trinajstić information content (AvgIpc) is 2.67. The molecule has 0 saturated carbocycles. The summed E-state index contributed by atoms with van der Waals surface area (Å²) in [6, 6.07) is 6.91. The van der Waals surface area contributed by atoms with Gasteiger partial charge in [0.1, 0.15) is 11.3 Å². The van der Waals surface area contributed by atoms with Crippen LogP contribution in [0.4, 0.5) is 0 Å². The first-order valence-electron chi connectivity index (χ1n) is 9.32. The molecule has 2 unspecified atom stereocenters. The second-order valence-electron chi connectivity index (χ2n) is 6.97. The molecule has 0 radical (unpaired) electrons. The van der Waals surface area contributed by atoms with Crippen LogP contribution in [0.25, 0.3) is 10.9 Å². The summed E-state index contributed by atoms with van der Waals surface area (Å²) in [7, 11) is -3.47. The molecule has 1 aliphatic heterocycles. The van der Waals surface area contributed by atoms with Gasteiger partial charge in [0.05, 0.1) is 23.0 Å². The largest absolute Gasteiger partial charge is 0.481 e. The van der Waals surface area contributed by atoms with Gasteiger partial charge in [-0.25, -0.2) is 8.42 Å². The van der Waals surface area contributed by atoms with E-state index >= 15 is 0 Å². The van der Waals surface area contributed by atoms with E-state index in [-0.39, 0.29) is 31.1 Å². The molecule has 1 amide bonds. The maximum atomic E-state index is 12.5. The van der Waals surface area contributed by atoms with Crippen LogP contribution in [0.1, 0.15) is 13.8 Å². The number of carbonyl (C=O) groups excluding carboxylic acids is 1. The second-order valence-corrected chi connectivity index (χ2v) is 9.47. The number of benzene rings is 1. The Hall–Kier alpha value is -1.94. The highest BCUT2D eigenvalue weighted by molar-refractivity contribution is 7.89. The fourth-order valence-electron chi connectivity index (χ4n) is 3.23. The lowest BCUT2D eigenvalue weighted by atomic mass is 10.2. The molecule has 1 aromatic heterocycles. The molecule has 0 aliphatic carbocycles. The Morgan fingerprint density at radius 2 is 2.03 bits per heavy atom. The van der Waals surface area contributed by atoms with Gasteiger partial charge in [-0.1, -0.05) is 11.6 Å². The van der Waals surface area contributed by atoms with Crippen LogP contribution in [0.2, 0.25) is 5.02 Å². The number of hydrogen-bond donors (Lipinski definition) is 1. The predicted molar refractivity (Wildman–Crippen MR) is 111 cm³/mol. The number of hydrogen-bond acceptors (Lipinski definition) is 6. The van der Waals surface area contributed by atoms with E-state index in [0.29, 0.717) is 29.4 Å². The van der Waals surface area contributed by atoms with E-state index in [9.17, 15) is 13.2 Å². The SMILES string of the molecule is CC1CN(S(=O)(=O)CCNC(=O)COc2ccc(Cl)c3cccnc23)CC(C)O1. The van der Waals surface area contributed by atoms with E-state index in [1.807, 2.05) is 19.9 Å².